The van der Waals surface area contributed by atoms with E-state index >= 15 is 0 Å². The van der Waals surface area contributed by atoms with E-state index in [1.807, 2.05) is 6.92 Å². The Labute approximate surface area is 118 Å². The molecule has 20 heavy (non-hydrogen) atoms. The molecule has 0 unspecified atom stereocenters. The van der Waals surface area contributed by atoms with Gasteiger partial charge in [0.1, 0.15) is 5.82 Å². The number of hydrogen-bond donors (Lipinski definition) is 0. The number of benzene rings is 1. The quantitative estimate of drug-likeness (QED) is 0.749. The smallest absolute Gasteiger partial charge is 0.209 e. The maximum absolute atomic E-state index is 12.9. The van der Waals surface area contributed by atoms with Crippen molar-refractivity contribution in [1.82, 2.24) is 9.88 Å². The predicted octanol–water partition coefficient (Wildman–Crippen LogP) is 3.88. The Kier molecular flexibility index (Phi) is 4.69. The Morgan fingerprint density at radius 2 is 2.05 bits per heavy atom. The summed E-state index contributed by atoms with van der Waals surface area (Å²) in [6.07, 6.45) is 1.68. The van der Waals surface area contributed by atoms with Crippen molar-refractivity contribution < 1.29 is 8.81 Å². The van der Waals surface area contributed by atoms with Crippen molar-refractivity contribution >= 4 is 0 Å². The van der Waals surface area contributed by atoms with Crippen molar-refractivity contribution in [3.8, 4) is 11.3 Å². The summed E-state index contributed by atoms with van der Waals surface area (Å²) in [5, 5.41) is 0. The van der Waals surface area contributed by atoms with Crippen LogP contribution in [0.15, 0.2) is 47.0 Å². The van der Waals surface area contributed by atoms with Crippen molar-refractivity contribution in [1.29, 1.82) is 0 Å². The minimum atomic E-state index is -0.257. The minimum Gasteiger partial charge on any atom is -0.439 e. The molecule has 1 aromatic carbocycles. The number of rotatable bonds is 6. The van der Waals surface area contributed by atoms with Gasteiger partial charge in [-0.2, -0.15) is 0 Å². The molecule has 4 heteroatoms. The van der Waals surface area contributed by atoms with Crippen LogP contribution in [0.3, 0.4) is 0 Å². The molecule has 1 aromatic heterocycles. The molecular weight excluding hydrogens is 255 g/mol. The van der Waals surface area contributed by atoms with Crippen LogP contribution in [0.2, 0.25) is 0 Å². The van der Waals surface area contributed by atoms with Crippen molar-refractivity contribution in [3.05, 3.63) is 54.3 Å². The molecule has 0 saturated carbocycles. The molecular formula is C16H19FN2O. The second kappa shape index (κ2) is 6.48. The first-order chi connectivity index (χ1) is 9.58. The normalized spacial score (nSPS) is 11.0. The molecule has 2 aromatic rings. The third-order valence-electron chi connectivity index (χ3n) is 2.98. The third-order valence-corrected chi connectivity index (χ3v) is 2.98. The van der Waals surface area contributed by atoms with E-state index < -0.39 is 0 Å². The number of nitrogens with zero attached hydrogens (tertiary/aromatic N) is 2. The summed E-state index contributed by atoms with van der Waals surface area (Å²) in [6, 6.07) is 6.20. The molecule has 0 radical (unpaired) electrons. The average Bonchev–Trinajstić information content (AvgIpc) is 2.87. The first-order valence-electron chi connectivity index (χ1n) is 6.66. The van der Waals surface area contributed by atoms with Gasteiger partial charge in [0, 0.05) is 12.1 Å². The maximum atomic E-state index is 12.9. The predicted molar refractivity (Wildman–Crippen MR) is 77.7 cm³/mol. The van der Waals surface area contributed by atoms with Gasteiger partial charge in [0.05, 0.1) is 12.7 Å². The fraction of sp³-hybridized carbons (Fsp3) is 0.312. The van der Waals surface area contributed by atoms with Crippen molar-refractivity contribution in [2.75, 3.05) is 13.1 Å². The van der Waals surface area contributed by atoms with Gasteiger partial charge in [-0.25, -0.2) is 9.37 Å². The van der Waals surface area contributed by atoms with Crippen LogP contribution in [0.1, 0.15) is 19.7 Å². The SMILES string of the molecule is C=C(C)CN(CC)Cc1ncc(-c2ccc(F)cc2)o1. The van der Waals surface area contributed by atoms with Crippen LogP contribution in [-0.4, -0.2) is 23.0 Å². The molecule has 0 fully saturated rings. The van der Waals surface area contributed by atoms with Crippen LogP contribution in [0.5, 0.6) is 0 Å². The fourth-order valence-electron chi connectivity index (χ4n) is 1.98. The highest BCUT2D eigenvalue weighted by Crippen LogP contribution is 2.21. The third kappa shape index (κ3) is 3.78. The lowest BCUT2D eigenvalue weighted by Gasteiger charge is -2.18. The second-order valence-corrected chi connectivity index (χ2v) is 4.89. The van der Waals surface area contributed by atoms with E-state index in [4.69, 9.17) is 4.42 Å². The number of oxazole rings is 1. The second-order valence-electron chi connectivity index (χ2n) is 4.89. The van der Waals surface area contributed by atoms with E-state index in [0.717, 1.165) is 24.2 Å². The standard InChI is InChI=1S/C16H19FN2O/c1-4-19(10-12(2)3)11-16-18-9-15(20-16)13-5-7-14(17)8-6-13/h5-9H,2,4,10-11H2,1,3H3. The van der Waals surface area contributed by atoms with Gasteiger partial charge < -0.3 is 4.42 Å². The molecule has 3 nitrogen and oxygen atoms in total. The highest BCUT2D eigenvalue weighted by atomic mass is 19.1. The van der Waals surface area contributed by atoms with E-state index in [-0.39, 0.29) is 5.82 Å². The van der Waals surface area contributed by atoms with Gasteiger partial charge in [-0.15, -0.1) is 0 Å². The molecule has 0 spiro atoms. The highest BCUT2D eigenvalue weighted by Gasteiger charge is 2.10. The van der Waals surface area contributed by atoms with Crippen LogP contribution in [0.4, 0.5) is 4.39 Å². The van der Waals surface area contributed by atoms with Crippen molar-refractivity contribution in [3.63, 3.8) is 0 Å². The zero-order valence-electron chi connectivity index (χ0n) is 11.9. The lowest BCUT2D eigenvalue weighted by Crippen LogP contribution is -2.24. The monoisotopic (exact) mass is 274 g/mol. The Morgan fingerprint density at radius 1 is 1.35 bits per heavy atom. The van der Waals surface area contributed by atoms with Crippen LogP contribution in [0.25, 0.3) is 11.3 Å². The van der Waals surface area contributed by atoms with E-state index in [1.54, 1.807) is 18.3 Å². The summed E-state index contributed by atoms with van der Waals surface area (Å²) in [7, 11) is 0. The van der Waals surface area contributed by atoms with Gasteiger partial charge >= 0.3 is 0 Å². The first kappa shape index (κ1) is 14.5. The largest absolute Gasteiger partial charge is 0.439 e. The average molecular weight is 274 g/mol. The maximum Gasteiger partial charge on any atom is 0.209 e. The van der Waals surface area contributed by atoms with E-state index in [9.17, 15) is 4.39 Å². The van der Waals surface area contributed by atoms with Gasteiger partial charge in [0.15, 0.2) is 5.76 Å². The molecule has 0 aliphatic carbocycles. The molecule has 106 valence electrons. The summed E-state index contributed by atoms with van der Waals surface area (Å²) in [4.78, 5) is 6.48. The Morgan fingerprint density at radius 3 is 2.65 bits per heavy atom. The zero-order valence-corrected chi connectivity index (χ0v) is 11.9. The Balaban J connectivity index is 2.08. The van der Waals surface area contributed by atoms with Gasteiger partial charge in [-0.1, -0.05) is 19.1 Å². The van der Waals surface area contributed by atoms with Gasteiger partial charge in [0.2, 0.25) is 5.89 Å². The lowest BCUT2D eigenvalue weighted by atomic mass is 10.2. The summed E-state index contributed by atoms with van der Waals surface area (Å²) in [5.41, 5.74) is 1.94. The van der Waals surface area contributed by atoms with Crippen LogP contribution >= 0.6 is 0 Å². The highest BCUT2D eigenvalue weighted by molar-refractivity contribution is 5.55. The minimum absolute atomic E-state index is 0.257. The van der Waals surface area contributed by atoms with Crippen molar-refractivity contribution in [2.24, 2.45) is 0 Å². The van der Waals surface area contributed by atoms with E-state index in [1.165, 1.54) is 12.1 Å². The summed E-state index contributed by atoms with van der Waals surface area (Å²) in [6.45, 7) is 10.4. The molecule has 2 rings (SSSR count). The molecule has 0 atom stereocenters. The van der Waals surface area contributed by atoms with Crippen LogP contribution in [-0.2, 0) is 6.54 Å². The number of aromatic nitrogens is 1. The molecule has 0 aliphatic rings. The summed E-state index contributed by atoms with van der Waals surface area (Å²) >= 11 is 0. The molecule has 1 heterocycles. The van der Waals surface area contributed by atoms with Gasteiger partial charge in [0.25, 0.3) is 0 Å². The zero-order chi connectivity index (χ0) is 14.5. The molecule has 0 saturated heterocycles. The summed E-state index contributed by atoms with van der Waals surface area (Å²) < 4.78 is 18.6. The first-order valence-corrected chi connectivity index (χ1v) is 6.66. The number of likely N-dealkylation sites (N-methyl/N-ethyl adjacent to an activating group) is 1. The van der Waals surface area contributed by atoms with E-state index in [0.29, 0.717) is 18.2 Å². The Bertz CT molecular complexity index is 574. The van der Waals surface area contributed by atoms with E-state index in [2.05, 4.69) is 23.4 Å². The van der Waals surface area contributed by atoms with Crippen LogP contribution in [0, 0.1) is 5.82 Å². The van der Waals surface area contributed by atoms with Gasteiger partial charge in [-0.3, -0.25) is 4.90 Å². The lowest BCUT2D eigenvalue weighted by molar-refractivity contribution is 0.271. The molecule has 0 bridgehead atoms. The van der Waals surface area contributed by atoms with Gasteiger partial charge in [-0.05, 0) is 37.7 Å². The Hall–Kier alpha value is -1.94. The molecule has 0 N–H and O–H groups in total. The summed E-state index contributed by atoms with van der Waals surface area (Å²) in [5.74, 6) is 1.06. The number of halogens is 1. The topological polar surface area (TPSA) is 29.3 Å². The molecule has 0 aliphatic heterocycles. The fourth-order valence-corrected chi connectivity index (χ4v) is 1.98. The van der Waals surface area contributed by atoms with Crippen molar-refractivity contribution in [2.45, 2.75) is 20.4 Å². The number of hydrogen-bond acceptors (Lipinski definition) is 3. The van der Waals surface area contributed by atoms with Crippen LogP contribution < -0.4 is 0 Å². The molecule has 0 amide bonds.